The number of hydrogen-bond donors (Lipinski definition) is 1. The van der Waals surface area contributed by atoms with Crippen LogP contribution in [-0.2, 0) is 0 Å². The Kier molecular flexibility index (Phi) is 5.06. The lowest BCUT2D eigenvalue weighted by molar-refractivity contribution is 0.204. The summed E-state index contributed by atoms with van der Waals surface area (Å²) in [6, 6.07) is 18.3. The Morgan fingerprint density at radius 2 is 1.58 bits per heavy atom. The van der Waals surface area contributed by atoms with Crippen molar-refractivity contribution in [2.45, 2.75) is 30.8 Å². The fourth-order valence-corrected chi connectivity index (χ4v) is 3.20. The molecule has 1 atom stereocenters. The molecule has 1 nitrogen and oxygen atoms in total. The van der Waals surface area contributed by atoms with Crippen molar-refractivity contribution in [3.63, 3.8) is 0 Å². The molecule has 0 saturated heterocycles. The van der Waals surface area contributed by atoms with Crippen LogP contribution in [0.5, 0.6) is 0 Å². The minimum Gasteiger partial charge on any atom is -0.388 e. The average molecular weight is 272 g/mol. The molecule has 100 valence electrons. The van der Waals surface area contributed by atoms with E-state index in [4.69, 9.17) is 0 Å². The highest BCUT2D eigenvalue weighted by Gasteiger charge is 2.10. The maximum absolute atomic E-state index is 10.2. The van der Waals surface area contributed by atoms with E-state index in [0.717, 1.165) is 5.56 Å². The Balaban J connectivity index is 2.03. The summed E-state index contributed by atoms with van der Waals surface area (Å²) in [4.78, 5) is 1.27. The van der Waals surface area contributed by atoms with Gasteiger partial charge in [0.25, 0.3) is 0 Å². The predicted molar refractivity (Wildman–Crippen MR) is 82.7 cm³/mol. The van der Waals surface area contributed by atoms with E-state index in [-0.39, 0.29) is 0 Å². The summed E-state index contributed by atoms with van der Waals surface area (Å²) in [5, 5.41) is 10.2. The first-order chi connectivity index (χ1) is 9.18. The second kappa shape index (κ2) is 6.78. The van der Waals surface area contributed by atoms with Gasteiger partial charge in [0.2, 0.25) is 0 Å². The second-order valence-corrected chi connectivity index (χ2v) is 5.99. The van der Waals surface area contributed by atoms with E-state index in [2.05, 4.69) is 38.1 Å². The lowest BCUT2D eigenvalue weighted by Gasteiger charge is -2.14. The summed E-state index contributed by atoms with van der Waals surface area (Å²) in [7, 11) is 0. The zero-order valence-electron chi connectivity index (χ0n) is 11.4. The van der Waals surface area contributed by atoms with E-state index in [1.54, 1.807) is 11.8 Å². The predicted octanol–water partition coefficient (Wildman–Crippen LogP) is 4.64. The van der Waals surface area contributed by atoms with Gasteiger partial charge in [-0.05, 0) is 23.1 Å². The molecule has 0 spiro atoms. The van der Waals surface area contributed by atoms with E-state index in [1.807, 2.05) is 30.3 Å². The molecular weight excluding hydrogens is 252 g/mol. The number of rotatable bonds is 5. The van der Waals surface area contributed by atoms with Gasteiger partial charge < -0.3 is 5.11 Å². The number of thioether (sulfide) groups is 1. The van der Waals surface area contributed by atoms with Gasteiger partial charge >= 0.3 is 0 Å². The molecule has 0 aliphatic heterocycles. The summed E-state index contributed by atoms with van der Waals surface area (Å²) >= 11 is 1.73. The van der Waals surface area contributed by atoms with Gasteiger partial charge in [-0.15, -0.1) is 11.8 Å². The molecule has 0 heterocycles. The van der Waals surface area contributed by atoms with Gasteiger partial charge in [0.15, 0.2) is 0 Å². The molecule has 2 heteroatoms. The van der Waals surface area contributed by atoms with Gasteiger partial charge in [-0.1, -0.05) is 62.4 Å². The molecule has 2 aromatic carbocycles. The third kappa shape index (κ3) is 3.85. The molecule has 19 heavy (non-hydrogen) atoms. The first-order valence-electron chi connectivity index (χ1n) is 6.63. The first-order valence-corrected chi connectivity index (χ1v) is 7.61. The molecule has 0 radical (unpaired) electrons. The number of aliphatic hydroxyl groups is 1. The fourth-order valence-electron chi connectivity index (χ4n) is 2.03. The van der Waals surface area contributed by atoms with Crippen molar-refractivity contribution in [2.75, 3.05) is 5.75 Å². The zero-order valence-corrected chi connectivity index (χ0v) is 12.2. The van der Waals surface area contributed by atoms with Crippen molar-refractivity contribution in [3.8, 4) is 0 Å². The highest BCUT2D eigenvalue weighted by Crippen LogP contribution is 2.31. The lowest BCUT2D eigenvalue weighted by Crippen LogP contribution is -2.01. The third-order valence-electron chi connectivity index (χ3n) is 3.12. The van der Waals surface area contributed by atoms with E-state index in [9.17, 15) is 5.11 Å². The highest BCUT2D eigenvalue weighted by molar-refractivity contribution is 7.99. The third-order valence-corrected chi connectivity index (χ3v) is 4.29. The van der Waals surface area contributed by atoms with Gasteiger partial charge in [-0.2, -0.15) is 0 Å². The molecule has 0 amide bonds. The molecule has 0 saturated carbocycles. The SMILES string of the molecule is CC(C)c1ccccc1SCC(O)c1ccccc1. The van der Waals surface area contributed by atoms with Crippen LogP contribution < -0.4 is 0 Å². The Hall–Kier alpha value is -1.25. The van der Waals surface area contributed by atoms with Crippen LogP contribution in [-0.4, -0.2) is 10.9 Å². The van der Waals surface area contributed by atoms with Gasteiger partial charge in [-0.25, -0.2) is 0 Å². The van der Waals surface area contributed by atoms with E-state index < -0.39 is 6.10 Å². The molecule has 0 bridgehead atoms. The number of hydrogen-bond acceptors (Lipinski definition) is 2. The molecule has 0 aliphatic carbocycles. The van der Waals surface area contributed by atoms with Gasteiger partial charge in [-0.3, -0.25) is 0 Å². The van der Waals surface area contributed by atoms with Crippen LogP contribution in [0.2, 0.25) is 0 Å². The average Bonchev–Trinajstić information content (AvgIpc) is 2.46. The van der Waals surface area contributed by atoms with E-state index in [0.29, 0.717) is 11.7 Å². The van der Waals surface area contributed by atoms with Crippen LogP contribution in [0.1, 0.15) is 37.0 Å². The second-order valence-electron chi connectivity index (χ2n) is 4.93. The molecule has 2 rings (SSSR count). The number of benzene rings is 2. The van der Waals surface area contributed by atoms with Gasteiger partial charge in [0, 0.05) is 10.6 Å². The van der Waals surface area contributed by atoms with Crippen LogP contribution in [0.25, 0.3) is 0 Å². The van der Waals surface area contributed by atoms with Crippen LogP contribution in [0, 0.1) is 0 Å². The maximum atomic E-state index is 10.2. The molecular formula is C17H20OS. The smallest absolute Gasteiger partial charge is 0.0883 e. The monoisotopic (exact) mass is 272 g/mol. The van der Waals surface area contributed by atoms with Crippen LogP contribution in [0.4, 0.5) is 0 Å². The summed E-state index contributed by atoms with van der Waals surface area (Å²) < 4.78 is 0. The Bertz CT molecular complexity index is 508. The van der Waals surface area contributed by atoms with Crippen molar-refractivity contribution in [1.29, 1.82) is 0 Å². The molecule has 1 unspecified atom stereocenters. The van der Waals surface area contributed by atoms with Crippen LogP contribution in [0.15, 0.2) is 59.5 Å². The van der Waals surface area contributed by atoms with Crippen molar-refractivity contribution >= 4 is 11.8 Å². The van der Waals surface area contributed by atoms with Crippen LogP contribution >= 0.6 is 11.8 Å². The topological polar surface area (TPSA) is 20.2 Å². The summed E-state index contributed by atoms with van der Waals surface area (Å²) in [5.74, 6) is 1.20. The minimum absolute atomic E-state index is 0.411. The van der Waals surface area contributed by atoms with Crippen molar-refractivity contribution in [1.82, 2.24) is 0 Å². The standard InChI is InChI=1S/C17H20OS/c1-13(2)15-10-6-7-11-17(15)19-12-16(18)14-8-4-3-5-9-14/h3-11,13,16,18H,12H2,1-2H3. The Labute approximate surface area is 119 Å². The molecule has 2 aromatic rings. The maximum Gasteiger partial charge on any atom is 0.0883 e. The van der Waals surface area contributed by atoms with E-state index in [1.165, 1.54) is 10.5 Å². The lowest BCUT2D eigenvalue weighted by atomic mass is 10.0. The summed E-state index contributed by atoms with van der Waals surface area (Å²) in [6.07, 6.45) is -0.411. The summed E-state index contributed by atoms with van der Waals surface area (Å²) in [6.45, 7) is 4.40. The van der Waals surface area contributed by atoms with Crippen molar-refractivity contribution in [2.24, 2.45) is 0 Å². The molecule has 0 aliphatic rings. The van der Waals surface area contributed by atoms with Gasteiger partial charge in [0.1, 0.15) is 0 Å². The molecule has 0 aromatic heterocycles. The zero-order chi connectivity index (χ0) is 13.7. The van der Waals surface area contributed by atoms with Crippen molar-refractivity contribution < 1.29 is 5.11 Å². The van der Waals surface area contributed by atoms with E-state index >= 15 is 0 Å². The molecule has 0 fully saturated rings. The first kappa shape index (κ1) is 14.2. The summed E-state index contributed by atoms with van der Waals surface area (Å²) in [5.41, 5.74) is 2.34. The Morgan fingerprint density at radius 3 is 2.26 bits per heavy atom. The minimum atomic E-state index is -0.411. The fraction of sp³-hybridized carbons (Fsp3) is 0.294. The normalized spacial score (nSPS) is 12.6. The quantitative estimate of drug-likeness (QED) is 0.800. The largest absolute Gasteiger partial charge is 0.388 e. The van der Waals surface area contributed by atoms with Crippen LogP contribution in [0.3, 0.4) is 0 Å². The highest BCUT2D eigenvalue weighted by atomic mass is 32.2. The van der Waals surface area contributed by atoms with Gasteiger partial charge in [0.05, 0.1) is 6.10 Å². The number of aliphatic hydroxyl groups excluding tert-OH is 1. The Morgan fingerprint density at radius 1 is 0.947 bits per heavy atom. The van der Waals surface area contributed by atoms with Crippen molar-refractivity contribution in [3.05, 3.63) is 65.7 Å². The molecule has 1 N–H and O–H groups in total.